The van der Waals surface area contributed by atoms with Crippen molar-refractivity contribution in [1.82, 2.24) is 14.9 Å². The minimum absolute atomic E-state index is 0.533. The summed E-state index contributed by atoms with van der Waals surface area (Å²) in [5.41, 5.74) is 6.99. The van der Waals surface area contributed by atoms with Crippen LogP contribution in [0.2, 0.25) is 0 Å². The highest BCUT2D eigenvalue weighted by atomic mass is 16.5. The number of imidazole rings is 1. The van der Waals surface area contributed by atoms with E-state index in [1.54, 1.807) is 7.11 Å². The molecule has 2 aromatic carbocycles. The van der Waals surface area contributed by atoms with Gasteiger partial charge in [-0.05, 0) is 67.9 Å². The fourth-order valence-electron chi connectivity index (χ4n) is 5.74. The maximum absolute atomic E-state index is 5.45. The van der Waals surface area contributed by atoms with E-state index in [1.807, 2.05) is 6.07 Å². The predicted octanol–water partition coefficient (Wildman–Crippen LogP) is 4.31. The molecule has 2 N–H and O–H groups in total. The highest BCUT2D eigenvalue weighted by Crippen LogP contribution is 2.52. The molecule has 3 aromatic rings. The lowest BCUT2D eigenvalue weighted by atomic mass is 9.61. The van der Waals surface area contributed by atoms with Gasteiger partial charge in [-0.1, -0.05) is 12.1 Å². The molecule has 0 unspecified atom stereocenters. The van der Waals surface area contributed by atoms with Crippen LogP contribution in [0.5, 0.6) is 5.75 Å². The molecule has 3 heterocycles. The molecular formula is C25H30N4O. The quantitative estimate of drug-likeness (QED) is 0.683. The Morgan fingerprint density at radius 3 is 2.83 bits per heavy atom. The zero-order chi connectivity index (χ0) is 20.3. The van der Waals surface area contributed by atoms with Crippen molar-refractivity contribution in [2.24, 2.45) is 5.41 Å². The van der Waals surface area contributed by atoms with E-state index < -0.39 is 0 Å². The Morgan fingerprint density at radius 1 is 1.20 bits per heavy atom. The third-order valence-electron chi connectivity index (χ3n) is 7.47. The van der Waals surface area contributed by atoms with Crippen molar-refractivity contribution in [1.29, 1.82) is 0 Å². The molecule has 5 heteroatoms. The largest absolute Gasteiger partial charge is 0.497 e. The van der Waals surface area contributed by atoms with E-state index in [0.29, 0.717) is 17.5 Å². The van der Waals surface area contributed by atoms with Crippen LogP contribution >= 0.6 is 0 Å². The van der Waals surface area contributed by atoms with Crippen LogP contribution < -0.4 is 15.4 Å². The zero-order valence-electron chi connectivity index (χ0n) is 17.9. The molecular weight excluding hydrogens is 372 g/mol. The highest BCUT2D eigenvalue weighted by Gasteiger charge is 2.49. The van der Waals surface area contributed by atoms with E-state index in [2.05, 4.69) is 52.5 Å². The molecule has 0 amide bonds. The number of rotatable bonds is 4. The van der Waals surface area contributed by atoms with Gasteiger partial charge in [0.05, 0.1) is 18.1 Å². The number of nitrogens with zero attached hydrogens (tertiary/aromatic N) is 2. The van der Waals surface area contributed by atoms with E-state index in [1.165, 1.54) is 66.0 Å². The van der Waals surface area contributed by atoms with Gasteiger partial charge < -0.3 is 19.9 Å². The first-order valence-electron chi connectivity index (χ1n) is 11.3. The summed E-state index contributed by atoms with van der Waals surface area (Å²) in [6, 6.07) is 14.1. The summed E-state index contributed by atoms with van der Waals surface area (Å²) in [5.74, 6) is 2.10. The normalized spacial score (nSPS) is 22.3. The van der Waals surface area contributed by atoms with Gasteiger partial charge in [0.15, 0.2) is 0 Å². The summed E-state index contributed by atoms with van der Waals surface area (Å²) >= 11 is 0. The second kappa shape index (κ2) is 6.74. The van der Waals surface area contributed by atoms with Gasteiger partial charge in [0.1, 0.15) is 11.6 Å². The Balaban J connectivity index is 1.44. The Hall–Kier alpha value is -2.53. The fraction of sp³-hybridized carbons (Fsp3) is 0.480. The van der Waals surface area contributed by atoms with Crippen molar-refractivity contribution in [3.8, 4) is 5.75 Å². The van der Waals surface area contributed by atoms with Gasteiger partial charge >= 0.3 is 0 Å². The second-order valence-corrected chi connectivity index (χ2v) is 9.64. The number of anilines is 1. The lowest BCUT2D eigenvalue weighted by Crippen LogP contribution is -2.60. The van der Waals surface area contributed by atoms with Crippen molar-refractivity contribution >= 4 is 16.7 Å². The fourth-order valence-corrected chi connectivity index (χ4v) is 5.74. The SMILES string of the molecule is COc1cccc(Cc2nc3c4c(ccc3n2C2CC3(CNC3)C2)N[C@@H](C)CC4)c1. The number of nitrogens with one attached hydrogen (secondary N) is 2. The number of ether oxygens (including phenoxy) is 1. The van der Waals surface area contributed by atoms with E-state index in [-0.39, 0.29) is 0 Å². The van der Waals surface area contributed by atoms with Crippen LogP contribution in [0.15, 0.2) is 36.4 Å². The minimum atomic E-state index is 0.533. The Kier molecular flexibility index (Phi) is 4.10. The summed E-state index contributed by atoms with van der Waals surface area (Å²) in [4.78, 5) is 5.26. The molecule has 1 saturated carbocycles. The standard InChI is InChI=1S/C25H30N4O/c1-16-6-7-20-21(27-16)8-9-22-24(20)28-23(11-17-4-3-5-19(10-17)30-2)29(22)18-12-25(13-18)14-26-15-25/h3-5,8-10,16,18,26-27H,6-7,11-15H2,1-2H3/t16-/m0/s1. The maximum atomic E-state index is 5.45. The van der Waals surface area contributed by atoms with Crippen LogP contribution in [0.3, 0.4) is 0 Å². The third-order valence-corrected chi connectivity index (χ3v) is 7.47. The predicted molar refractivity (Wildman–Crippen MR) is 121 cm³/mol. The van der Waals surface area contributed by atoms with Crippen LogP contribution in [-0.4, -0.2) is 35.8 Å². The van der Waals surface area contributed by atoms with Crippen molar-refractivity contribution in [3.05, 3.63) is 53.3 Å². The van der Waals surface area contributed by atoms with Crippen LogP contribution in [-0.2, 0) is 12.8 Å². The number of fused-ring (bicyclic) bond motifs is 3. The molecule has 0 bridgehead atoms. The smallest absolute Gasteiger partial charge is 0.119 e. The molecule has 6 rings (SSSR count). The number of hydrogen-bond donors (Lipinski definition) is 2. The first-order valence-corrected chi connectivity index (χ1v) is 11.3. The van der Waals surface area contributed by atoms with Gasteiger partial charge in [-0.2, -0.15) is 0 Å². The van der Waals surface area contributed by atoms with Crippen molar-refractivity contribution in [2.75, 3.05) is 25.5 Å². The average molecular weight is 403 g/mol. The lowest BCUT2D eigenvalue weighted by molar-refractivity contribution is 0.00822. The Labute approximate surface area is 177 Å². The first kappa shape index (κ1) is 18.3. The van der Waals surface area contributed by atoms with Gasteiger partial charge in [0, 0.05) is 42.8 Å². The third kappa shape index (κ3) is 2.83. The Bertz CT molecular complexity index is 1110. The van der Waals surface area contributed by atoms with Gasteiger partial charge in [-0.25, -0.2) is 4.98 Å². The highest BCUT2D eigenvalue weighted by molar-refractivity contribution is 5.86. The van der Waals surface area contributed by atoms with Gasteiger partial charge in [-0.3, -0.25) is 0 Å². The average Bonchev–Trinajstić information content (AvgIpc) is 3.04. The molecule has 156 valence electrons. The molecule has 1 aromatic heterocycles. The molecule has 1 aliphatic carbocycles. The van der Waals surface area contributed by atoms with Crippen LogP contribution in [0.25, 0.3) is 11.0 Å². The molecule has 2 fully saturated rings. The molecule has 3 aliphatic rings. The number of methoxy groups -OCH3 is 1. The van der Waals surface area contributed by atoms with E-state index in [9.17, 15) is 0 Å². The topological polar surface area (TPSA) is 51.1 Å². The van der Waals surface area contributed by atoms with Crippen LogP contribution in [0.1, 0.15) is 49.2 Å². The van der Waals surface area contributed by atoms with Gasteiger partial charge in [0.25, 0.3) is 0 Å². The number of aromatic nitrogens is 2. The van der Waals surface area contributed by atoms with E-state index in [0.717, 1.165) is 18.6 Å². The molecule has 1 atom stereocenters. The molecule has 1 saturated heterocycles. The Morgan fingerprint density at radius 2 is 2.07 bits per heavy atom. The van der Waals surface area contributed by atoms with Crippen molar-refractivity contribution in [3.63, 3.8) is 0 Å². The molecule has 5 nitrogen and oxygen atoms in total. The number of aryl methyl sites for hydroxylation is 1. The first-order chi connectivity index (χ1) is 14.6. The van der Waals surface area contributed by atoms with Crippen molar-refractivity contribution in [2.45, 2.75) is 51.1 Å². The maximum Gasteiger partial charge on any atom is 0.119 e. The van der Waals surface area contributed by atoms with Crippen LogP contribution in [0.4, 0.5) is 5.69 Å². The monoisotopic (exact) mass is 402 g/mol. The molecule has 30 heavy (non-hydrogen) atoms. The molecule has 2 aliphatic heterocycles. The van der Waals surface area contributed by atoms with Gasteiger partial charge in [-0.15, -0.1) is 0 Å². The van der Waals surface area contributed by atoms with Gasteiger partial charge in [0.2, 0.25) is 0 Å². The summed E-state index contributed by atoms with van der Waals surface area (Å²) in [7, 11) is 1.73. The van der Waals surface area contributed by atoms with Crippen molar-refractivity contribution < 1.29 is 4.74 Å². The molecule has 1 spiro atoms. The summed E-state index contributed by atoms with van der Waals surface area (Å²) in [6.07, 6.45) is 5.65. The van der Waals surface area contributed by atoms with Crippen LogP contribution in [0, 0.1) is 5.41 Å². The molecule has 0 radical (unpaired) electrons. The van der Waals surface area contributed by atoms with E-state index >= 15 is 0 Å². The summed E-state index contributed by atoms with van der Waals surface area (Å²) < 4.78 is 8.02. The second-order valence-electron chi connectivity index (χ2n) is 9.64. The zero-order valence-corrected chi connectivity index (χ0v) is 17.9. The summed E-state index contributed by atoms with van der Waals surface area (Å²) in [6.45, 7) is 4.62. The number of hydrogen-bond acceptors (Lipinski definition) is 4. The summed E-state index contributed by atoms with van der Waals surface area (Å²) in [5, 5.41) is 7.13. The van der Waals surface area contributed by atoms with E-state index in [4.69, 9.17) is 9.72 Å². The number of benzene rings is 2. The minimum Gasteiger partial charge on any atom is -0.497 e. The lowest BCUT2D eigenvalue weighted by Gasteiger charge is -2.55.